The molecule has 0 amide bonds. The first-order chi connectivity index (χ1) is 33.2. The zero-order valence-electron chi connectivity index (χ0n) is 49.2. The van der Waals surface area contributed by atoms with Crippen molar-refractivity contribution in [1.82, 2.24) is 0 Å². The summed E-state index contributed by atoms with van der Waals surface area (Å²) in [6.45, 7) is 36.7. The molecule has 16 atom stereocenters. The van der Waals surface area contributed by atoms with Gasteiger partial charge in [-0.2, -0.15) is 0 Å². The van der Waals surface area contributed by atoms with Crippen LogP contribution in [0.25, 0.3) is 0 Å². The first kappa shape index (κ1) is 56.9. The molecule has 8 aliphatic rings. The van der Waals surface area contributed by atoms with Gasteiger partial charge < -0.3 is 14.2 Å². The zero-order valence-corrected chi connectivity index (χ0v) is 49.2. The highest BCUT2D eigenvalue weighted by atomic mass is 16.7. The molecule has 0 saturated heterocycles. The minimum atomic E-state index is -0.522. The van der Waals surface area contributed by atoms with E-state index in [4.69, 9.17) is 14.2 Å². The Balaban J connectivity index is 0.000000209. The first-order valence-corrected chi connectivity index (χ1v) is 30.7. The Hall–Kier alpha value is -1.78. The lowest BCUT2D eigenvalue weighted by Gasteiger charge is -2.59. The van der Waals surface area contributed by atoms with Gasteiger partial charge in [-0.1, -0.05) is 132 Å². The van der Waals surface area contributed by atoms with E-state index in [1.165, 1.54) is 135 Å². The summed E-state index contributed by atoms with van der Waals surface area (Å²) < 4.78 is 17.1. The molecule has 6 fully saturated rings. The van der Waals surface area contributed by atoms with Gasteiger partial charge in [-0.3, -0.25) is 4.79 Å². The first-order valence-electron chi connectivity index (χ1n) is 30.7. The lowest BCUT2D eigenvalue weighted by Crippen LogP contribution is -2.51. The average Bonchev–Trinajstić information content (AvgIpc) is 3.82. The molecule has 0 aromatic heterocycles. The summed E-state index contributed by atoms with van der Waals surface area (Å²) in [6.07, 6.45) is 36.3. The van der Waals surface area contributed by atoms with Gasteiger partial charge in [-0.05, 0) is 249 Å². The van der Waals surface area contributed by atoms with Crippen LogP contribution in [0.5, 0.6) is 0 Å². The fraction of sp³-hybridized carbons (Fsp3) is 0.909. The second-order valence-electron chi connectivity index (χ2n) is 30.2. The Bertz CT molecular complexity index is 1860. The van der Waals surface area contributed by atoms with Crippen LogP contribution in [0, 0.1) is 98.1 Å². The van der Waals surface area contributed by atoms with Crippen LogP contribution in [-0.4, -0.2) is 29.9 Å². The number of unbranched alkanes of at least 4 members (excludes halogenated alkanes) is 2. The van der Waals surface area contributed by atoms with E-state index < -0.39 is 17.2 Å². The van der Waals surface area contributed by atoms with Crippen molar-refractivity contribution in [2.24, 2.45) is 98.1 Å². The van der Waals surface area contributed by atoms with Gasteiger partial charge in [0.05, 0.1) is 5.41 Å². The monoisotopic (exact) mass is 985 g/mol. The van der Waals surface area contributed by atoms with Crippen LogP contribution < -0.4 is 0 Å². The third-order valence-corrected chi connectivity index (χ3v) is 22.6. The van der Waals surface area contributed by atoms with Crippen molar-refractivity contribution in [3.05, 3.63) is 23.3 Å². The molecule has 5 heteroatoms. The maximum absolute atomic E-state index is 12.5. The van der Waals surface area contributed by atoms with E-state index in [9.17, 15) is 9.59 Å². The van der Waals surface area contributed by atoms with Crippen LogP contribution in [0.15, 0.2) is 23.3 Å². The highest BCUT2D eigenvalue weighted by Crippen LogP contribution is 2.70. The summed E-state index contributed by atoms with van der Waals surface area (Å²) in [5.41, 5.74) is 3.99. The molecule has 0 N–H and O–H groups in total. The molecule has 406 valence electrons. The van der Waals surface area contributed by atoms with E-state index in [1.54, 1.807) is 11.1 Å². The van der Waals surface area contributed by atoms with Crippen molar-refractivity contribution in [3.63, 3.8) is 0 Å². The van der Waals surface area contributed by atoms with Crippen LogP contribution in [-0.2, 0) is 19.0 Å². The van der Waals surface area contributed by atoms with E-state index >= 15 is 0 Å². The number of rotatable bonds is 14. The molecular formula is C66H112O5. The molecule has 5 nitrogen and oxygen atoms in total. The number of fused-ring (bicyclic) bond motifs is 10. The Kier molecular flexibility index (Phi) is 18.0. The summed E-state index contributed by atoms with van der Waals surface area (Å²) >= 11 is 0. The lowest BCUT2D eigenvalue weighted by atomic mass is 9.46. The molecule has 6 unspecified atom stereocenters. The Morgan fingerprint density at radius 1 is 0.521 bits per heavy atom. The van der Waals surface area contributed by atoms with Crippen LogP contribution in [0.3, 0.4) is 0 Å². The van der Waals surface area contributed by atoms with E-state index in [1.807, 2.05) is 41.5 Å². The van der Waals surface area contributed by atoms with Crippen molar-refractivity contribution in [2.75, 3.05) is 0 Å². The predicted octanol–water partition coefficient (Wildman–Crippen LogP) is 19.1. The molecule has 8 rings (SSSR count). The molecule has 0 aromatic carbocycles. The number of hydrogen-bond donors (Lipinski definition) is 0. The molecule has 0 bridgehead atoms. The van der Waals surface area contributed by atoms with Crippen molar-refractivity contribution < 1.29 is 23.8 Å². The van der Waals surface area contributed by atoms with Gasteiger partial charge >= 0.3 is 12.1 Å². The molecule has 6 saturated carbocycles. The number of hydrogen-bond acceptors (Lipinski definition) is 5. The minimum Gasteiger partial charge on any atom is -0.458 e. The number of allylic oxidation sites excluding steroid dienone is 2. The van der Waals surface area contributed by atoms with Crippen molar-refractivity contribution in [2.45, 2.75) is 283 Å². The molecule has 0 spiro atoms. The largest absolute Gasteiger partial charge is 0.509 e. The van der Waals surface area contributed by atoms with Gasteiger partial charge in [-0.25, -0.2) is 4.79 Å². The molecule has 0 aliphatic heterocycles. The fourth-order valence-electron chi connectivity index (χ4n) is 18.7. The van der Waals surface area contributed by atoms with Crippen LogP contribution in [0.1, 0.15) is 265 Å². The molecule has 0 aromatic rings. The number of carbonyl (C=O) groups excluding carboxylic acids is 2. The highest BCUT2D eigenvalue weighted by molar-refractivity contribution is 5.75. The van der Waals surface area contributed by atoms with E-state index in [0.717, 1.165) is 90.3 Å². The quantitative estimate of drug-likeness (QED) is 0.0986. The Labute approximate surface area is 438 Å². The summed E-state index contributed by atoms with van der Waals surface area (Å²) in [6, 6.07) is 0. The van der Waals surface area contributed by atoms with E-state index in [2.05, 4.69) is 81.4 Å². The third-order valence-electron chi connectivity index (χ3n) is 22.6. The summed E-state index contributed by atoms with van der Waals surface area (Å²) in [4.78, 5) is 24.8. The third kappa shape index (κ3) is 12.4. The van der Waals surface area contributed by atoms with Crippen molar-refractivity contribution >= 4 is 12.1 Å². The number of carbonyl (C=O) groups is 2. The smallest absolute Gasteiger partial charge is 0.458 e. The summed E-state index contributed by atoms with van der Waals surface area (Å²) in [5, 5.41) is 0. The zero-order chi connectivity index (χ0) is 51.9. The second-order valence-corrected chi connectivity index (χ2v) is 30.2. The van der Waals surface area contributed by atoms with Gasteiger partial charge in [0, 0.05) is 0 Å². The van der Waals surface area contributed by atoms with Gasteiger partial charge in [0.15, 0.2) is 0 Å². The molecule has 71 heavy (non-hydrogen) atoms. The Morgan fingerprint density at radius 2 is 0.958 bits per heavy atom. The topological polar surface area (TPSA) is 61.8 Å². The molecule has 8 aliphatic carbocycles. The SMILES string of the molecule is CC(C)CCCCC[C@H](C)[C@H]1CCC2C3CCC4=C[C@@H](OC(=O)OC(C)(C)C)CC[C@]4(C)C3CC[C@@]21C.CC(C)CCC[C@H](C)[C@H]1CCC2C3CCC4=C[C@@H](OC(=O)C(C)(C)C)CC[C@]4(C)C3CC[C@@]21C. The van der Waals surface area contributed by atoms with E-state index in [-0.39, 0.29) is 23.6 Å². The number of ether oxygens (including phenoxy) is 3. The van der Waals surface area contributed by atoms with Gasteiger partial charge in [-0.15, -0.1) is 0 Å². The normalized spacial score (nSPS) is 39.5. The van der Waals surface area contributed by atoms with E-state index in [0.29, 0.717) is 16.2 Å². The molecular weight excluding hydrogens is 873 g/mol. The fourth-order valence-corrected chi connectivity index (χ4v) is 18.7. The number of esters is 1. The summed E-state index contributed by atoms with van der Waals surface area (Å²) in [7, 11) is 0. The van der Waals surface area contributed by atoms with Crippen LogP contribution in [0.4, 0.5) is 4.79 Å². The van der Waals surface area contributed by atoms with Crippen LogP contribution >= 0.6 is 0 Å². The highest BCUT2D eigenvalue weighted by Gasteiger charge is 2.61. The lowest BCUT2D eigenvalue weighted by molar-refractivity contribution is -0.157. The molecule has 0 heterocycles. The van der Waals surface area contributed by atoms with Crippen molar-refractivity contribution in [3.8, 4) is 0 Å². The standard InChI is InChI=1S/C34H58O3.C32H54O2/c1-23(2)12-10-9-11-13-24(3)28-16-17-29-27-15-14-25-22-26(36-31(35)37-32(4,5)6)18-20-33(25,7)30(27)19-21-34(28,29)8;1-21(2)10-9-11-22(3)26-14-15-27-25-13-12-23-20-24(34-29(33)30(4,5)6)16-18-31(23,7)28(25)17-19-32(26,27)8/h22-24,26-30H,9-21H2,1-8H3;20-22,24-28H,9-19H2,1-8H3/t24-,26-,27?,28+,29?,30?,33-,34+;22-,24-,25?,26+,27?,28?,31-,32+/m00/s1. The van der Waals surface area contributed by atoms with Gasteiger partial charge in [0.25, 0.3) is 0 Å². The Morgan fingerprint density at radius 3 is 1.41 bits per heavy atom. The second kappa shape index (κ2) is 22.4. The summed E-state index contributed by atoms with van der Waals surface area (Å²) in [5.74, 6) is 10.5. The predicted molar refractivity (Wildman–Crippen MR) is 296 cm³/mol. The van der Waals surface area contributed by atoms with Crippen molar-refractivity contribution in [1.29, 1.82) is 0 Å². The maximum Gasteiger partial charge on any atom is 0.509 e. The minimum absolute atomic E-state index is 0.0113. The molecule has 0 radical (unpaired) electrons. The van der Waals surface area contributed by atoms with Gasteiger partial charge in [0.2, 0.25) is 0 Å². The maximum atomic E-state index is 12.5. The average molecular weight is 986 g/mol. The van der Waals surface area contributed by atoms with Gasteiger partial charge in [0.1, 0.15) is 17.8 Å². The van der Waals surface area contributed by atoms with Crippen LogP contribution in [0.2, 0.25) is 0 Å².